The number of carbonyl (C=O) groups is 2. The lowest BCUT2D eigenvalue weighted by atomic mass is 10.0. The van der Waals surface area contributed by atoms with Gasteiger partial charge in [-0.25, -0.2) is 20.0 Å². The Hall–Kier alpha value is -3.39. The first kappa shape index (κ1) is 25.2. The van der Waals surface area contributed by atoms with E-state index >= 15 is 0 Å². The summed E-state index contributed by atoms with van der Waals surface area (Å²) in [5, 5.41) is 10.8. The smallest absolute Gasteiger partial charge is 0.426 e. The van der Waals surface area contributed by atoms with Crippen LogP contribution in [-0.2, 0) is 16.1 Å². The summed E-state index contributed by atoms with van der Waals surface area (Å²) in [6.07, 6.45) is 1.49. The lowest BCUT2D eigenvalue weighted by Crippen LogP contribution is -2.55. The normalized spacial score (nSPS) is 14.1. The predicted molar refractivity (Wildman–Crippen MR) is 128 cm³/mol. The molecule has 1 aliphatic rings. The third-order valence-electron chi connectivity index (χ3n) is 4.96. The second-order valence-electron chi connectivity index (χ2n) is 8.72. The number of ether oxygens (including phenoxy) is 2. The summed E-state index contributed by atoms with van der Waals surface area (Å²) in [6, 6.07) is 11.2. The highest BCUT2D eigenvalue weighted by Crippen LogP contribution is 2.27. The number of hydrogen-bond donors (Lipinski definition) is 1. The van der Waals surface area contributed by atoms with E-state index in [1.807, 2.05) is 36.4 Å². The van der Waals surface area contributed by atoms with E-state index in [4.69, 9.17) is 9.47 Å². The van der Waals surface area contributed by atoms with Gasteiger partial charge < -0.3 is 14.4 Å². The van der Waals surface area contributed by atoms with Gasteiger partial charge in [0.15, 0.2) is 5.82 Å². The van der Waals surface area contributed by atoms with Gasteiger partial charge in [-0.2, -0.15) is 10.2 Å². The largest absolute Gasteiger partial charge is 0.445 e. The Kier molecular flexibility index (Phi) is 8.28. The van der Waals surface area contributed by atoms with Crippen molar-refractivity contribution in [2.45, 2.75) is 51.9 Å². The number of benzene rings is 1. The lowest BCUT2D eigenvalue weighted by molar-refractivity contribution is 0.0501. The third-order valence-corrected chi connectivity index (χ3v) is 5.52. The molecule has 0 saturated carbocycles. The summed E-state index contributed by atoms with van der Waals surface area (Å²) in [7, 11) is 0. The number of nitrogens with one attached hydrogen (secondary N) is 1. The Labute approximate surface area is 207 Å². The number of carbonyl (C=O) groups excluding carboxylic acids is 2. The standard InChI is InChI=1S/C23H27BrN6O4/c1-23(2,3)34-21(31)28-30(20-18(24)14-26-19(13-25)27-20)17-9-11-29(12-10-17)22(32)33-15-16-7-5-4-6-8-16/h4-8,14,17H,9-12,15H2,1-3H3,(H,28,31). The Bertz CT molecular complexity index is 1050. The van der Waals surface area contributed by atoms with Crippen molar-refractivity contribution in [1.82, 2.24) is 20.3 Å². The first-order chi connectivity index (χ1) is 16.2. The van der Waals surface area contributed by atoms with Crippen molar-refractivity contribution < 1.29 is 19.1 Å². The van der Waals surface area contributed by atoms with Crippen LogP contribution in [0.5, 0.6) is 0 Å². The van der Waals surface area contributed by atoms with Crippen LogP contribution in [0.25, 0.3) is 0 Å². The number of likely N-dealkylation sites (tertiary alicyclic amines) is 1. The quantitative estimate of drug-likeness (QED) is 0.572. The molecule has 3 rings (SSSR count). The molecule has 34 heavy (non-hydrogen) atoms. The molecule has 2 aromatic rings. The van der Waals surface area contributed by atoms with E-state index in [1.54, 1.807) is 30.7 Å². The lowest BCUT2D eigenvalue weighted by Gasteiger charge is -2.38. The Morgan fingerprint density at radius 2 is 1.94 bits per heavy atom. The maximum atomic E-state index is 12.6. The minimum Gasteiger partial charge on any atom is -0.445 e. The number of aromatic nitrogens is 2. The fraction of sp³-hybridized carbons (Fsp3) is 0.435. The van der Waals surface area contributed by atoms with Crippen molar-refractivity contribution in [2.75, 3.05) is 18.1 Å². The number of hydrogen-bond acceptors (Lipinski definition) is 8. The number of anilines is 1. The molecule has 180 valence electrons. The van der Waals surface area contributed by atoms with Gasteiger partial charge in [-0.3, -0.25) is 5.01 Å². The number of rotatable bonds is 5. The highest BCUT2D eigenvalue weighted by molar-refractivity contribution is 9.10. The molecule has 0 atom stereocenters. The molecule has 0 spiro atoms. The zero-order chi connectivity index (χ0) is 24.7. The molecule has 1 aromatic heterocycles. The third kappa shape index (κ3) is 7.05. The SMILES string of the molecule is CC(C)(C)OC(=O)NN(c1nc(C#N)ncc1Br)C1CCN(C(=O)OCc2ccccc2)CC1. The minimum absolute atomic E-state index is 0.0314. The molecule has 2 heterocycles. The predicted octanol–water partition coefficient (Wildman–Crippen LogP) is 4.16. The number of amides is 2. The van der Waals surface area contributed by atoms with Crippen LogP contribution in [0, 0.1) is 11.3 Å². The molecule has 0 bridgehead atoms. The van der Waals surface area contributed by atoms with E-state index in [1.165, 1.54) is 6.20 Å². The van der Waals surface area contributed by atoms with Crippen LogP contribution < -0.4 is 10.4 Å². The molecule has 0 aliphatic carbocycles. The fourth-order valence-corrected chi connectivity index (χ4v) is 3.80. The molecular formula is C23H27BrN6O4. The van der Waals surface area contributed by atoms with Gasteiger partial charge in [-0.05, 0) is 55.1 Å². The summed E-state index contributed by atoms with van der Waals surface area (Å²) >= 11 is 3.40. The number of halogens is 1. The first-order valence-corrected chi connectivity index (χ1v) is 11.6. The zero-order valence-electron chi connectivity index (χ0n) is 19.3. The molecule has 0 radical (unpaired) electrons. The Balaban J connectivity index is 1.69. The van der Waals surface area contributed by atoms with Gasteiger partial charge in [0.2, 0.25) is 5.82 Å². The monoisotopic (exact) mass is 530 g/mol. The number of piperidine rings is 1. The van der Waals surface area contributed by atoms with Crippen molar-refractivity contribution in [2.24, 2.45) is 0 Å². The minimum atomic E-state index is -0.692. The van der Waals surface area contributed by atoms with Crippen molar-refractivity contribution in [3.63, 3.8) is 0 Å². The second kappa shape index (κ2) is 11.2. The molecule has 1 saturated heterocycles. The Morgan fingerprint density at radius 3 is 2.56 bits per heavy atom. The average molecular weight is 531 g/mol. The van der Waals surface area contributed by atoms with Crippen LogP contribution in [0.15, 0.2) is 41.0 Å². The highest BCUT2D eigenvalue weighted by atomic mass is 79.9. The van der Waals surface area contributed by atoms with Crippen LogP contribution in [0.1, 0.15) is 45.0 Å². The topological polar surface area (TPSA) is 121 Å². The van der Waals surface area contributed by atoms with E-state index < -0.39 is 11.7 Å². The zero-order valence-corrected chi connectivity index (χ0v) is 20.9. The maximum absolute atomic E-state index is 12.6. The van der Waals surface area contributed by atoms with Gasteiger partial charge >= 0.3 is 12.2 Å². The van der Waals surface area contributed by atoms with Crippen LogP contribution in [0.4, 0.5) is 15.4 Å². The van der Waals surface area contributed by atoms with E-state index in [0.717, 1.165) is 5.56 Å². The molecular weight excluding hydrogens is 504 g/mol. The molecule has 10 nitrogen and oxygen atoms in total. The van der Waals surface area contributed by atoms with Crippen LogP contribution >= 0.6 is 15.9 Å². The van der Waals surface area contributed by atoms with Gasteiger partial charge in [-0.1, -0.05) is 30.3 Å². The summed E-state index contributed by atoms with van der Waals surface area (Å²) < 4.78 is 11.4. The maximum Gasteiger partial charge on any atom is 0.426 e. The Morgan fingerprint density at radius 1 is 1.26 bits per heavy atom. The summed E-state index contributed by atoms with van der Waals surface area (Å²) in [6.45, 7) is 6.37. The van der Waals surface area contributed by atoms with Crippen LogP contribution in [-0.4, -0.2) is 51.8 Å². The molecule has 11 heteroatoms. The molecule has 1 aromatic carbocycles. The van der Waals surface area contributed by atoms with Gasteiger partial charge in [0.05, 0.1) is 10.5 Å². The fourth-order valence-electron chi connectivity index (χ4n) is 3.41. The summed E-state index contributed by atoms with van der Waals surface area (Å²) in [5.74, 6) is 0.304. The van der Waals surface area contributed by atoms with E-state index in [0.29, 0.717) is 36.2 Å². The number of nitrogens with zero attached hydrogens (tertiary/aromatic N) is 5. The average Bonchev–Trinajstić information content (AvgIpc) is 2.81. The van der Waals surface area contributed by atoms with Gasteiger partial charge in [0.25, 0.3) is 0 Å². The number of nitriles is 1. The van der Waals surface area contributed by atoms with Gasteiger partial charge in [0, 0.05) is 19.3 Å². The van der Waals surface area contributed by atoms with Crippen molar-refractivity contribution in [3.05, 3.63) is 52.4 Å². The molecule has 1 N–H and O–H groups in total. The number of hydrazine groups is 1. The molecule has 1 fully saturated rings. The van der Waals surface area contributed by atoms with Crippen molar-refractivity contribution in [3.8, 4) is 6.07 Å². The molecule has 2 amide bonds. The van der Waals surface area contributed by atoms with Crippen LogP contribution in [0.3, 0.4) is 0 Å². The van der Waals surface area contributed by atoms with E-state index in [-0.39, 0.29) is 24.6 Å². The van der Waals surface area contributed by atoms with Crippen LogP contribution in [0.2, 0.25) is 0 Å². The van der Waals surface area contributed by atoms with E-state index in [9.17, 15) is 14.9 Å². The van der Waals surface area contributed by atoms with Gasteiger partial charge in [0.1, 0.15) is 18.3 Å². The summed E-state index contributed by atoms with van der Waals surface area (Å²) in [5.41, 5.74) is 2.98. The van der Waals surface area contributed by atoms with Crippen molar-refractivity contribution >= 4 is 33.9 Å². The van der Waals surface area contributed by atoms with Gasteiger partial charge in [-0.15, -0.1) is 0 Å². The second-order valence-corrected chi connectivity index (χ2v) is 9.57. The molecule has 0 unspecified atom stereocenters. The van der Waals surface area contributed by atoms with E-state index in [2.05, 4.69) is 31.3 Å². The first-order valence-electron chi connectivity index (χ1n) is 10.8. The summed E-state index contributed by atoms with van der Waals surface area (Å²) in [4.78, 5) is 34.9. The molecule has 1 aliphatic heterocycles. The highest BCUT2D eigenvalue weighted by Gasteiger charge is 2.32. The van der Waals surface area contributed by atoms with Crippen molar-refractivity contribution in [1.29, 1.82) is 5.26 Å².